The zero-order valence-corrected chi connectivity index (χ0v) is 19.1. The van der Waals surface area contributed by atoms with Crippen molar-refractivity contribution in [3.05, 3.63) is 70.5 Å². The molecule has 2 aromatic carbocycles. The van der Waals surface area contributed by atoms with Gasteiger partial charge in [0.05, 0.1) is 17.7 Å². The standard InChI is InChI=1S/C25H29FN2O4/c1-15(2)32-19-9-6-17(7-10-19)22-21(23(29)18-8-11-20(26)16(3)14-18)24(30)25(31)28(22)13-12-27(4)5/h6-11,14-15,22,29H,12-13H2,1-5H3/b23-21-. The number of benzene rings is 2. The van der Waals surface area contributed by atoms with Crippen molar-refractivity contribution in [2.24, 2.45) is 0 Å². The first-order valence-electron chi connectivity index (χ1n) is 10.6. The van der Waals surface area contributed by atoms with Crippen LogP contribution < -0.4 is 4.74 Å². The highest BCUT2D eigenvalue weighted by Gasteiger charge is 2.45. The molecule has 1 saturated heterocycles. The monoisotopic (exact) mass is 440 g/mol. The molecule has 7 heteroatoms. The van der Waals surface area contributed by atoms with Gasteiger partial charge in [-0.05, 0) is 76.3 Å². The molecule has 0 radical (unpaired) electrons. The fourth-order valence-electron chi connectivity index (χ4n) is 3.71. The van der Waals surface area contributed by atoms with Crippen LogP contribution in [0.1, 0.15) is 36.6 Å². The Morgan fingerprint density at radius 1 is 1.16 bits per heavy atom. The molecule has 0 bridgehead atoms. The van der Waals surface area contributed by atoms with Crippen molar-refractivity contribution in [2.75, 3.05) is 27.2 Å². The molecular weight excluding hydrogens is 411 g/mol. The first-order chi connectivity index (χ1) is 15.1. The molecule has 1 unspecified atom stereocenters. The summed E-state index contributed by atoms with van der Waals surface area (Å²) < 4.78 is 19.4. The summed E-state index contributed by atoms with van der Waals surface area (Å²) in [6.45, 7) is 6.29. The van der Waals surface area contributed by atoms with E-state index in [0.29, 0.717) is 35.5 Å². The largest absolute Gasteiger partial charge is 0.507 e. The molecule has 1 fully saturated rings. The quantitative estimate of drug-likeness (QED) is 0.402. The van der Waals surface area contributed by atoms with Crippen molar-refractivity contribution >= 4 is 17.4 Å². The van der Waals surface area contributed by atoms with Crippen molar-refractivity contribution in [1.29, 1.82) is 0 Å². The number of rotatable bonds is 7. The van der Waals surface area contributed by atoms with Gasteiger partial charge in [-0.1, -0.05) is 12.1 Å². The van der Waals surface area contributed by atoms with E-state index in [1.165, 1.54) is 23.1 Å². The van der Waals surface area contributed by atoms with Crippen LogP contribution in [0.5, 0.6) is 5.75 Å². The summed E-state index contributed by atoms with van der Waals surface area (Å²) in [6, 6.07) is 10.5. The minimum atomic E-state index is -0.756. The molecule has 1 heterocycles. The molecule has 3 rings (SSSR count). The summed E-state index contributed by atoms with van der Waals surface area (Å²) >= 11 is 0. The number of ether oxygens (including phenoxy) is 1. The number of likely N-dealkylation sites (tertiary alicyclic amines) is 1. The van der Waals surface area contributed by atoms with Gasteiger partial charge in [-0.3, -0.25) is 9.59 Å². The minimum absolute atomic E-state index is 0.00251. The van der Waals surface area contributed by atoms with Gasteiger partial charge in [0.25, 0.3) is 11.7 Å². The number of aliphatic hydroxyl groups is 1. The molecule has 32 heavy (non-hydrogen) atoms. The lowest BCUT2D eigenvalue weighted by Gasteiger charge is -2.26. The number of hydrogen-bond donors (Lipinski definition) is 1. The lowest BCUT2D eigenvalue weighted by Crippen LogP contribution is -2.35. The van der Waals surface area contributed by atoms with E-state index >= 15 is 0 Å². The maximum absolute atomic E-state index is 13.7. The highest BCUT2D eigenvalue weighted by molar-refractivity contribution is 6.46. The van der Waals surface area contributed by atoms with E-state index in [4.69, 9.17) is 4.74 Å². The Morgan fingerprint density at radius 2 is 1.81 bits per heavy atom. The van der Waals surface area contributed by atoms with E-state index < -0.39 is 23.5 Å². The molecule has 0 saturated carbocycles. The zero-order chi connectivity index (χ0) is 23.6. The summed E-state index contributed by atoms with van der Waals surface area (Å²) in [5.74, 6) is -1.48. The molecular formula is C25H29FN2O4. The van der Waals surface area contributed by atoms with Crippen LogP contribution in [0.4, 0.5) is 4.39 Å². The van der Waals surface area contributed by atoms with Crippen molar-refractivity contribution in [3.63, 3.8) is 0 Å². The summed E-state index contributed by atoms with van der Waals surface area (Å²) in [5, 5.41) is 11.0. The van der Waals surface area contributed by atoms with Crippen LogP contribution in [-0.4, -0.2) is 59.9 Å². The smallest absolute Gasteiger partial charge is 0.295 e. The molecule has 6 nitrogen and oxygen atoms in total. The van der Waals surface area contributed by atoms with Crippen LogP contribution in [0.25, 0.3) is 5.76 Å². The Labute approximate surface area is 187 Å². The Balaban J connectivity index is 2.11. The number of Topliss-reactive ketones (excluding diaryl/α,β-unsaturated/α-hetero) is 1. The predicted molar refractivity (Wildman–Crippen MR) is 121 cm³/mol. The minimum Gasteiger partial charge on any atom is -0.507 e. The number of ketones is 1. The second kappa shape index (κ2) is 9.53. The lowest BCUT2D eigenvalue weighted by atomic mass is 9.94. The van der Waals surface area contributed by atoms with E-state index in [9.17, 15) is 19.1 Å². The maximum Gasteiger partial charge on any atom is 0.295 e. The van der Waals surface area contributed by atoms with Crippen molar-refractivity contribution in [3.8, 4) is 5.75 Å². The fourth-order valence-corrected chi connectivity index (χ4v) is 3.71. The Hall–Kier alpha value is -3.19. The van der Waals surface area contributed by atoms with Gasteiger partial charge >= 0.3 is 0 Å². The van der Waals surface area contributed by atoms with Gasteiger partial charge in [-0.25, -0.2) is 4.39 Å². The number of aryl methyl sites for hydroxylation is 1. The van der Waals surface area contributed by atoms with Crippen LogP contribution in [0, 0.1) is 12.7 Å². The van der Waals surface area contributed by atoms with Crippen LogP contribution in [0.15, 0.2) is 48.0 Å². The first-order valence-corrected chi connectivity index (χ1v) is 10.6. The number of hydrogen-bond acceptors (Lipinski definition) is 5. The van der Waals surface area contributed by atoms with Gasteiger partial charge in [-0.2, -0.15) is 0 Å². The highest BCUT2D eigenvalue weighted by atomic mass is 19.1. The van der Waals surface area contributed by atoms with E-state index in [1.807, 2.05) is 32.8 Å². The third-order valence-electron chi connectivity index (χ3n) is 5.33. The fraction of sp³-hybridized carbons (Fsp3) is 0.360. The summed E-state index contributed by atoms with van der Waals surface area (Å²) in [7, 11) is 3.76. The topological polar surface area (TPSA) is 70.1 Å². The SMILES string of the molecule is Cc1cc(/C(O)=C2/C(=O)C(=O)N(CCN(C)C)C2c2ccc(OC(C)C)cc2)ccc1F. The average Bonchev–Trinajstić information content (AvgIpc) is 2.98. The summed E-state index contributed by atoms with van der Waals surface area (Å²) in [6.07, 6.45) is 0.00768. The van der Waals surface area contributed by atoms with Crippen molar-refractivity contribution in [1.82, 2.24) is 9.80 Å². The van der Waals surface area contributed by atoms with Gasteiger partial charge < -0.3 is 19.6 Å². The number of nitrogens with zero attached hydrogens (tertiary/aromatic N) is 2. The molecule has 170 valence electrons. The summed E-state index contributed by atoms with van der Waals surface area (Å²) in [4.78, 5) is 29.3. The summed E-state index contributed by atoms with van der Waals surface area (Å²) in [5.41, 5.74) is 1.30. The third kappa shape index (κ3) is 4.83. The number of carbonyl (C=O) groups excluding carboxylic acids is 2. The molecule has 2 aromatic rings. The number of likely N-dealkylation sites (N-methyl/N-ethyl adjacent to an activating group) is 1. The molecule has 1 aliphatic heterocycles. The van der Waals surface area contributed by atoms with Crippen LogP contribution in [0.2, 0.25) is 0 Å². The number of halogens is 1. The molecule has 0 aromatic heterocycles. The van der Waals surface area contributed by atoms with Crippen LogP contribution in [0.3, 0.4) is 0 Å². The van der Waals surface area contributed by atoms with Crippen molar-refractivity contribution < 1.29 is 23.8 Å². The Bertz CT molecular complexity index is 1040. The van der Waals surface area contributed by atoms with Gasteiger partial charge in [-0.15, -0.1) is 0 Å². The van der Waals surface area contributed by atoms with Gasteiger partial charge in [0.2, 0.25) is 0 Å². The molecule has 0 aliphatic carbocycles. The van der Waals surface area contributed by atoms with E-state index in [-0.39, 0.29) is 17.4 Å². The predicted octanol–water partition coefficient (Wildman–Crippen LogP) is 3.90. The maximum atomic E-state index is 13.7. The normalized spacial score (nSPS) is 18.1. The van der Waals surface area contributed by atoms with Gasteiger partial charge in [0, 0.05) is 18.7 Å². The van der Waals surface area contributed by atoms with Crippen LogP contribution >= 0.6 is 0 Å². The van der Waals surface area contributed by atoms with Crippen LogP contribution in [-0.2, 0) is 9.59 Å². The van der Waals surface area contributed by atoms with Crippen molar-refractivity contribution in [2.45, 2.75) is 32.9 Å². The molecule has 1 atom stereocenters. The third-order valence-corrected chi connectivity index (χ3v) is 5.33. The Morgan fingerprint density at radius 3 is 2.38 bits per heavy atom. The number of amides is 1. The second-order valence-electron chi connectivity index (χ2n) is 8.50. The van der Waals surface area contributed by atoms with E-state index in [2.05, 4.69) is 0 Å². The molecule has 0 spiro atoms. The molecule has 1 amide bonds. The number of carbonyl (C=O) groups is 2. The lowest BCUT2D eigenvalue weighted by molar-refractivity contribution is -0.140. The van der Waals surface area contributed by atoms with Gasteiger partial charge in [0.15, 0.2) is 0 Å². The zero-order valence-electron chi connectivity index (χ0n) is 19.1. The Kier molecular flexibility index (Phi) is 6.99. The highest BCUT2D eigenvalue weighted by Crippen LogP contribution is 2.39. The molecule has 1 N–H and O–H groups in total. The average molecular weight is 441 g/mol. The second-order valence-corrected chi connectivity index (χ2v) is 8.50. The van der Waals surface area contributed by atoms with E-state index in [0.717, 1.165) is 0 Å². The number of aliphatic hydroxyl groups excluding tert-OH is 1. The van der Waals surface area contributed by atoms with E-state index in [1.54, 1.807) is 31.2 Å². The molecule has 1 aliphatic rings. The van der Waals surface area contributed by atoms with Gasteiger partial charge in [0.1, 0.15) is 17.3 Å². The first kappa shape index (κ1) is 23.5.